The van der Waals surface area contributed by atoms with Gasteiger partial charge in [0.25, 0.3) is 0 Å². The van der Waals surface area contributed by atoms with Gasteiger partial charge in [-0.25, -0.2) is 17.2 Å². The lowest BCUT2D eigenvalue weighted by Crippen LogP contribution is -2.36. The standard InChI is InChI=1S/C19H17F2N3O3S2/c20-12-1-5-14(6-2-12)22-18(25)9-24(15-7-3-13(21)4-8-15)19-23-16-10-29(26,27)11-17(16)28-19/h1-8,16-17H,9-11H2,(H,22,25)/t16-,17-/m1/s1. The van der Waals surface area contributed by atoms with Crippen molar-refractivity contribution in [2.24, 2.45) is 4.99 Å². The molecule has 2 heterocycles. The predicted molar refractivity (Wildman–Crippen MR) is 110 cm³/mol. The van der Waals surface area contributed by atoms with Gasteiger partial charge in [0.1, 0.15) is 18.2 Å². The predicted octanol–water partition coefficient (Wildman–Crippen LogP) is 2.68. The highest BCUT2D eigenvalue weighted by Gasteiger charge is 2.44. The highest BCUT2D eigenvalue weighted by molar-refractivity contribution is 8.15. The van der Waals surface area contributed by atoms with E-state index in [1.807, 2.05) is 0 Å². The number of hydrogen-bond donors (Lipinski definition) is 1. The quantitative estimate of drug-likeness (QED) is 0.796. The number of aliphatic imine (C=N–C) groups is 1. The van der Waals surface area contributed by atoms with Crippen LogP contribution in [0.5, 0.6) is 0 Å². The van der Waals surface area contributed by atoms with Crippen molar-refractivity contribution in [3.05, 3.63) is 60.2 Å². The van der Waals surface area contributed by atoms with Crippen LogP contribution in [0, 0.1) is 11.6 Å². The van der Waals surface area contributed by atoms with Crippen LogP contribution in [0.3, 0.4) is 0 Å². The maximum Gasteiger partial charge on any atom is 0.244 e. The Morgan fingerprint density at radius 3 is 2.31 bits per heavy atom. The SMILES string of the molecule is O=C(CN(C1=N[C@@H]2CS(=O)(=O)C[C@H]2S1)c1ccc(F)cc1)Nc1ccc(F)cc1. The molecule has 29 heavy (non-hydrogen) atoms. The number of anilines is 2. The number of thioether (sulfide) groups is 1. The van der Waals surface area contributed by atoms with Gasteiger partial charge < -0.3 is 10.2 Å². The first-order valence-corrected chi connectivity index (χ1v) is 11.5. The molecule has 2 aromatic carbocycles. The van der Waals surface area contributed by atoms with Crippen LogP contribution in [-0.2, 0) is 14.6 Å². The van der Waals surface area contributed by atoms with Gasteiger partial charge in [0.15, 0.2) is 15.0 Å². The van der Waals surface area contributed by atoms with E-state index in [1.54, 1.807) is 4.90 Å². The Kier molecular flexibility index (Phi) is 5.30. The van der Waals surface area contributed by atoms with Crippen LogP contribution in [0.4, 0.5) is 20.2 Å². The molecule has 2 aliphatic rings. The number of carbonyl (C=O) groups is 1. The Hall–Kier alpha value is -2.46. The molecule has 152 valence electrons. The number of nitrogens with one attached hydrogen (secondary N) is 1. The maximum atomic E-state index is 13.4. The summed E-state index contributed by atoms with van der Waals surface area (Å²) in [7, 11) is -3.10. The molecule has 0 radical (unpaired) electrons. The Bertz CT molecular complexity index is 1060. The van der Waals surface area contributed by atoms with Gasteiger partial charge in [0.05, 0.1) is 17.5 Å². The van der Waals surface area contributed by atoms with Gasteiger partial charge >= 0.3 is 0 Å². The molecule has 1 saturated heterocycles. The molecule has 0 aliphatic carbocycles. The van der Waals surface area contributed by atoms with Crippen molar-refractivity contribution in [3.8, 4) is 0 Å². The lowest BCUT2D eigenvalue weighted by molar-refractivity contribution is -0.114. The van der Waals surface area contributed by atoms with Crippen LogP contribution >= 0.6 is 11.8 Å². The van der Waals surface area contributed by atoms with Crippen molar-refractivity contribution in [1.29, 1.82) is 0 Å². The Labute approximate surface area is 170 Å². The van der Waals surface area contributed by atoms with E-state index < -0.39 is 21.5 Å². The van der Waals surface area contributed by atoms with Crippen molar-refractivity contribution in [1.82, 2.24) is 0 Å². The molecule has 2 atom stereocenters. The summed E-state index contributed by atoms with van der Waals surface area (Å²) in [5, 5.41) is 3.03. The molecule has 0 spiro atoms. The van der Waals surface area contributed by atoms with Gasteiger partial charge in [0, 0.05) is 16.6 Å². The van der Waals surface area contributed by atoms with E-state index in [9.17, 15) is 22.0 Å². The summed E-state index contributed by atoms with van der Waals surface area (Å²) in [4.78, 5) is 18.7. The third-order valence-corrected chi connectivity index (χ3v) is 7.85. The van der Waals surface area contributed by atoms with E-state index in [0.717, 1.165) is 0 Å². The highest BCUT2D eigenvalue weighted by Crippen LogP contribution is 2.36. The van der Waals surface area contributed by atoms with E-state index in [1.165, 1.54) is 60.3 Å². The van der Waals surface area contributed by atoms with Gasteiger partial charge in [-0.1, -0.05) is 11.8 Å². The number of nitrogens with zero attached hydrogens (tertiary/aromatic N) is 2. The van der Waals surface area contributed by atoms with Crippen molar-refractivity contribution in [2.45, 2.75) is 11.3 Å². The fourth-order valence-corrected chi connectivity index (χ4v) is 7.02. The second-order valence-electron chi connectivity index (χ2n) is 6.83. The van der Waals surface area contributed by atoms with Crippen LogP contribution in [0.1, 0.15) is 0 Å². The van der Waals surface area contributed by atoms with Crippen molar-refractivity contribution in [3.63, 3.8) is 0 Å². The fraction of sp³-hybridized carbons (Fsp3) is 0.263. The number of sulfone groups is 1. The first-order valence-electron chi connectivity index (χ1n) is 8.82. The minimum absolute atomic E-state index is 0.00675. The van der Waals surface area contributed by atoms with E-state index in [4.69, 9.17) is 0 Å². The molecule has 0 bridgehead atoms. The summed E-state index contributed by atoms with van der Waals surface area (Å²) >= 11 is 1.31. The molecular weight excluding hydrogens is 420 g/mol. The molecule has 0 unspecified atom stereocenters. The number of amidine groups is 1. The van der Waals surface area contributed by atoms with Crippen molar-refractivity contribution in [2.75, 3.05) is 28.3 Å². The van der Waals surface area contributed by atoms with Gasteiger partial charge in [-0.3, -0.25) is 9.79 Å². The van der Waals surface area contributed by atoms with Crippen molar-refractivity contribution < 1.29 is 22.0 Å². The second kappa shape index (κ2) is 7.75. The van der Waals surface area contributed by atoms with Crippen LogP contribution in [0.15, 0.2) is 53.5 Å². The zero-order valence-electron chi connectivity index (χ0n) is 15.1. The molecular formula is C19H17F2N3O3S2. The van der Waals surface area contributed by atoms with Gasteiger partial charge in [0.2, 0.25) is 5.91 Å². The average molecular weight is 437 g/mol. The maximum absolute atomic E-state index is 13.4. The highest BCUT2D eigenvalue weighted by atomic mass is 32.2. The summed E-state index contributed by atoms with van der Waals surface area (Å²) in [5.41, 5.74) is 1.01. The first-order chi connectivity index (χ1) is 13.8. The van der Waals surface area contributed by atoms with E-state index in [-0.39, 0.29) is 35.2 Å². The topological polar surface area (TPSA) is 78.8 Å². The summed E-state index contributed by atoms with van der Waals surface area (Å²) in [6.45, 7) is -0.110. The molecule has 1 fully saturated rings. The van der Waals surface area contributed by atoms with Crippen LogP contribution in [0.25, 0.3) is 0 Å². The summed E-state index contributed by atoms with van der Waals surface area (Å²) in [6.07, 6.45) is 0. The first kappa shape index (κ1) is 19.8. The normalized spacial score (nSPS) is 22.1. The Morgan fingerprint density at radius 1 is 1.07 bits per heavy atom. The number of rotatable bonds is 4. The molecule has 1 N–H and O–H groups in total. The number of amides is 1. The summed E-state index contributed by atoms with van der Waals surface area (Å²) < 4.78 is 50.0. The number of fused-ring (bicyclic) bond motifs is 1. The van der Waals surface area contributed by atoms with Crippen molar-refractivity contribution >= 4 is 44.0 Å². The molecule has 4 rings (SSSR count). The molecule has 10 heteroatoms. The van der Waals surface area contributed by atoms with E-state index in [2.05, 4.69) is 10.3 Å². The largest absolute Gasteiger partial charge is 0.325 e. The minimum atomic E-state index is -3.10. The molecule has 0 aromatic heterocycles. The lowest BCUT2D eigenvalue weighted by atomic mass is 10.2. The fourth-order valence-electron chi connectivity index (χ4n) is 3.24. The molecule has 1 amide bonds. The molecule has 2 aromatic rings. The number of halogens is 2. The summed E-state index contributed by atoms with van der Waals surface area (Å²) in [5.74, 6) is -1.14. The van der Waals surface area contributed by atoms with Gasteiger partial charge in [-0.2, -0.15) is 0 Å². The summed E-state index contributed by atoms with van der Waals surface area (Å²) in [6, 6.07) is 10.7. The average Bonchev–Trinajstić information content (AvgIpc) is 3.16. The second-order valence-corrected chi connectivity index (χ2v) is 10.2. The number of carbonyl (C=O) groups excluding carboxylic acids is 1. The number of benzene rings is 2. The molecule has 2 aliphatic heterocycles. The van der Waals surface area contributed by atoms with E-state index in [0.29, 0.717) is 16.5 Å². The Morgan fingerprint density at radius 2 is 1.69 bits per heavy atom. The van der Waals surface area contributed by atoms with Gasteiger partial charge in [-0.05, 0) is 48.5 Å². The van der Waals surface area contributed by atoms with Gasteiger partial charge in [-0.15, -0.1) is 0 Å². The minimum Gasteiger partial charge on any atom is -0.325 e. The third-order valence-electron chi connectivity index (χ3n) is 4.60. The zero-order valence-corrected chi connectivity index (χ0v) is 16.7. The smallest absolute Gasteiger partial charge is 0.244 e. The molecule has 0 saturated carbocycles. The molecule has 6 nitrogen and oxygen atoms in total. The van der Waals surface area contributed by atoms with Crippen LogP contribution in [0.2, 0.25) is 0 Å². The van der Waals surface area contributed by atoms with E-state index >= 15 is 0 Å². The lowest BCUT2D eigenvalue weighted by Gasteiger charge is -2.24. The third kappa shape index (κ3) is 4.59. The zero-order chi connectivity index (χ0) is 20.6. The Balaban J connectivity index is 1.55. The monoisotopic (exact) mass is 437 g/mol. The number of hydrogen-bond acceptors (Lipinski definition) is 6. The van der Waals surface area contributed by atoms with Crippen LogP contribution in [-0.4, -0.2) is 48.8 Å². The van der Waals surface area contributed by atoms with Crippen LogP contribution < -0.4 is 10.2 Å².